The van der Waals surface area contributed by atoms with Crippen molar-refractivity contribution in [2.45, 2.75) is 4.90 Å². The molecule has 0 spiro atoms. The van der Waals surface area contributed by atoms with Crippen LogP contribution in [0.2, 0.25) is 0 Å². The van der Waals surface area contributed by atoms with Gasteiger partial charge < -0.3 is 4.90 Å². The van der Waals surface area contributed by atoms with Crippen LogP contribution in [0.3, 0.4) is 0 Å². The van der Waals surface area contributed by atoms with Crippen molar-refractivity contribution in [2.75, 3.05) is 19.0 Å². The zero-order valence-electron chi connectivity index (χ0n) is 15.5. The second kappa shape index (κ2) is 6.93. The predicted molar refractivity (Wildman–Crippen MR) is 106 cm³/mol. The van der Waals surface area contributed by atoms with Crippen molar-refractivity contribution in [1.82, 2.24) is 13.9 Å². The number of aromatic nitrogens is 3. The lowest BCUT2D eigenvalue weighted by molar-refractivity contribution is 0.564. The monoisotopic (exact) mass is 414 g/mol. The molecule has 0 bridgehead atoms. The van der Waals surface area contributed by atoms with Crippen molar-refractivity contribution in [3.63, 3.8) is 0 Å². The van der Waals surface area contributed by atoms with E-state index in [1.54, 1.807) is 30.6 Å². The van der Waals surface area contributed by atoms with Crippen LogP contribution in [0.4, 0.5) is 14.5 Å². The van der Waals surface area contributed by atoms with Crippen LogP contribution < -0.4 is 4.90 Å². The van der Waals surface area contributed by atoms with E-state index >= 15 is 0 Å². The summed E-state index contributed by atoms with van der Waals surface area (Å²) in [6.45, 7) is 0. The van der Waals surface area contributed by atoms with Crippen LogP contribution in [0, 0.1) is 11.6 Å². The highest BCUT2D eigenvalue weighted by Gasteiger charge is 2.24. The summed E-state index contributed by atoms with van der Waals surface area (Å²) < 4.78 is 55.9. The van der Waals surface area contributed by atoms with Gasteiger partial charge in [0.25, 0.3) is 10.0 Å². The van der Waals surface area contributed by atoms with Crippen LogP contribution in [0.25, 0.3) is 22.2 Å². The Bertz CT molecular complexity index is 1300. The van der Waals surface area contributed by atoms with Gasteiger partial charge in [0, 0.05) is 43.6 Å². The fourth-order valence-electron chi connectivity index (χ4n) is 3.20. The number of anilines is 1. The largest absolute Gasteiger partial charge is 0.373 e. The first-order valence-corrected chi connectivity index (χ1v) is 10.0. The molecule has 0 radical (unpaired) electrons. The Hall–Kier alpha value is -3.33. The van der Waals surface area contributed by atoms with Gasteiger partial charge in [-0.25, -0.2) is 21.2 Å². The SMILES string of the molecule is CN(C)c1c(F)cc(S(=O)(=O)n2ccc3c(-c4ccccn4)cncc32)cc1F. The van der Waals surface area contributed by atoms with Gasteiger partial charge in [0.1, 0.15) is 5.69 Å². The number of nitrogens with zero attached hydrogens (tertiary/aromatic N) is 4. The van der Waals surface area contributed by atoms with Crippen LogP contribution >= 0.6 is 0 Å². The molecule has 4 rings (SSSR count). The molecule has 4 aromatic rings. The third-order valence-electron chi connectivity index (χ3n) is 4.52. The van der Waals surface area contributed by atoms with Crippen LogP contribution in [0.5, 0.6) is 0 Å². The van der Waals surface area contributed by atoms with Gasteiger partial charge in [-0.15, -0.1) is 0 Å². The third-order valence-corrected chi connectivity index (χ3v) is 6.18. The normalized spacial score (nSPS) is 11.7. The first-order chi connectivity index (χ1) is 13.8. The summed E-state index contributed by atoms with van der Waals surface area (Å²) in [6.07, 6.45) is 5.94. The van der Waals surface area contributed by atoms with Crippen LogP contribution in [-0.2, 0) is 10.0 Å². The Morgan fingerprint density at radius 1 is 1.03 bits per heavy atom. The fourth-order valence-corrected chi connectivity index (χ4v) is 4.56. The van der Waals surface area contributed by atoms with Crippen molar-refractivity contribution in [3.05, 3.63) is 72.8 Å². The molecule has 29 heavy (non-hydrogen) atoms. The van der Waals surface area contributed by atoms with E-state index in [0.717, 1.165) is 16.1 Å². The molecule has 0 saturated carbocycles. The Morgan fingerprint density at radius 2 is 1.76 bits per heavy atom. The first kappa shape index (κ1) is 19.0. The van der Waals surface area contributed by atoms with E-state index in [4.69, 9.17) is 0 Å². The zero-order chi connectivity index (χ0) is 20.8. The van der Waals surface area contributed by atoms with E-state index in [1.807, 2.05) is 6.07 Å². The lowest BCUT2D eigenvalue weighted by Gasteiger charge is -2.16. The van der Waals surface area contributed by atoms with Gasteiger partial charge in [-0.05, 0) is 30.3 Å². The molecule has 9 heteroatoms. The standard InChI is InChI=1S/C20H16F2N4O2S/c1-25(2)20-16(21)9-13(10-17(20)22)29(27,28)26-8-6-14-15(11-23-12-19(14)26)18-5-3-4-7-24-18/h3-12H,1-2H3. The highest BCUT2D eigenvalue weighted by molar-refractivity contribution is 7.90. The van der Waals surface area contributed by atoms with Crippen molar-refractivity contribution in [2.24, 2.45) is 0 Å². The van der Waals surface area contributed by atoms with E-state index < -0.39 is 26.6 Å². The predicted octanol–water partition coefficient (Wildman–Crippen LogP) is 3.68. The molecule has 3 heterocycles. The van der Waals surface area contributed by atoms with E-state index in [9.17, 15) is 17.2 Å². The van der Waals surface area contributed by atoms with Crippen molar-refractivity contribution in [1.29, 1.82) is 0 Å². The number of fused-ring (bicyclic) bond motifs is 1. The van der Waals surface area contributed by atoms with Crippen molar-refractivity contribution < 1.29 is 17.2 Å². The summed E-state index contributed by atoms with van der Waals surface area (Å²) in [6, 6.07) is 8.61. The Morgan fingerprint density at radius 3 is 2.38 bits per heavy atom. The lowest BCUT2D eigenvalue weighted by atomic mass is 10.1. The van der Waals surface area contributed by atoms with Crippen LogP contribution in [-0.4, -0.2) is 36.5 Å². The molecule has 0 aliphatic rings. The Labute approximate surface area is 166 Å². The smallest absolute Gasteiger partial charge is 0.268 e. The molecule has 0 unspecified atom stereocenters. The molecule has 6 nitrogen and oxygen atoms in total. The minimum atomic E-state index is -4.25. The Balaban J connectivity index is 1.89. The van der Waals surface area contributed by atoms with E-state index in [2.05, 4.69) is 9.97 Å². The molecule has 3 aromatic heterocycles. The van der Waals surface area contributed by atoms with Gasteiger partial charge in [0.15, 0.2) is 11.6 Å². The summed E-state index contributed by atoms with van der Waals surface area (Å²) in [5.74, 6) is -1.92. The summed E-state index contributed by atoms with van der Waals surface area (Å²) in [7, 11) is -1.31. The fraction of sp³-hybridized carbons (Fsp3) is 0.100. The molecule has 1 aromatic carbocycles. The second-order valence-electron chi connectivity index (χ2n) is 6.58. The third kappa shape index (κ3) is 3.13. The second-order valence-corrected chi connectivity index (χ2v) is 8.40. The molecular weight excluding hydrogens is 398 g/mol. The molecule has 0 atom stereocenters. The molecule has 0 fully saturated rings. The molecule has 148 valence electrons. The quantitative estimate of drug-likeness (QED) is 0.510. The zero-order valence-corrected chi connectivity index (χ0v) is 16.4. The molecule has 0 aliphatic heterocycles. The molecule has 0 N–H and O–H groups in total. The summed E-state index contributed by atoms with van der Waals surface area (Å²) in [5.41, 5.74) is 1.26. The number of hydrogen-bond donors (Lipinski definition) is 0. The molecule has 0 saturated heterocycles. The van der Waals surface area contributed by atoms with Crippen LogP contribution in [0.15, 0.2) is 66.1 Å². The van der Waals surface area contributed by atoms with E-state index in [-0.39, 0.29) is 11.2 Å². The maximum atomic E-state index is 14.4. The number of pyridine rings is 2. The number of halogens is 2. The molecular formula is C20H16F2N4O2S. The van der Waals surface area contributed by atoms with Gasteiger partial charge in [0.2, 0.25) is 0 Å². The van der Waals surface area contributed by atoms with E-state index in [0.29, 0.717) is 16.6 Å². The average molecular weight is 414 g/mol. The van der Waals surface area contributed by atoms with Gasteiger partial charge >= 0.3 is 0 Å². The Kier molecular flexibility index (Phi) is 4.54. The number of hydrogen-bond acceptors (Lipinski definition) is 5. The van der Waals surface area contributed by atoms with Crippen LogP contribution in [0.1, 0.15) is 0 Å². The topological polar surface area (TPSA) is 68.1 Å². The highest BCUT2D eigenvalue weighted by atomic mass is 32.2. The highest BCUT2D eigenvalue weighted by Crippen LogP contribution is 2.31. The maximum Gasteiger partial charge on any atom is 0.268 e. The van der Waals surface area contributed by atoms with E-state index in [1.165, 1.54) is 31.4 Å². The molecule has 0 aliphatic carbocycles. The minimum absolute atomic E-state index is 0.283. The van der Waals surface area contributed by atoms with Gasteiger partial charge in [0.05, 0.1) is 22.3 Å². The maximum absolute atomic E-state index is 14.4. The average Bonchev–Trinajstić information content (AvgIpc) is 3.12. The van der Waals surface area contributed by atoms with Gasteiger partial charge in [-0.2, -0.15) is 0 Å². The summed E-state index contributed by atoms with van der Waals surface area (Å²) in [4.78, 5) is 9.16. The summed E-state index contributed by atoms with van der Waals surface area (Å²) in [5, 5.41) is 0.605. The lowest BCUT2D eigenvalue weighted by Crippen LogP contribution is -2.16. The van der Waals surface area contributed by atoms with Crippen molar-refractivity contribution >= 4 is 26.6 Å². The number of benzene rings is 1. The number of rotatable bonds is 4. The molecule has 0 amide bonds. The van der Waals surface area contributed by atoms with Gasteiger partial charge in [-0.3, -0.25) is 9.97 Å². The minimum Gasteiger partial charge on any atom is -0.373 e. The first-order valence-electron chi connectivity index (χ1n) is 8.59. The van der Waals surface area contributed by atoms with Crippen molar-refractivity contribution in [3.8, 4) is 11.3 Å². The summed E-state index contributed by atoms with van der Waals surface area (Å²) >= 11 is 0. The van der Waals surface area contributed by atoms with Gasteiger partial charge in [-0.1, -0.05) is 6.07 Å².